The van der Waals surface area contributed by atoms with Crippen molar-refractivity contribution in [3.63, 3.8) is 0 Å². The molecule has 0 spiro atoms. The minimum Gasteiger partial charge on any atom is -0.355 e. The Bertz CT molecular complexity index is 1370. The molecule has 1 saturated heterocycles. The van der Waals surface area contributed by atoms with Crippen molar-refractivity contribution >= 4 is 17.0 Å². The number of hydrogen-bond acceptors (Lipinski definition) is 6. The van der Waals surface area contributed by atoms with E-state index in [0.29, 0.717) is 24.0 Å². The van der Waals surface area contributed by atoms with Crippen LogP contribution >= 0.6 is 0 Å². The molecule has 0 amide bonds. The number of nitrogens with one attached hydrogen (secondary N) is 1. The molecule has 4 aromatic rings. The van der Waals surface area contributed by atoms with E-state index in [4.69, 9.17) is 15.7 Å². The number of H-pyrrole nitrogens is 1. The van der Waals surface area contributed by atoms with Crippen molar-refractivity contribution in [3.8, 4) is 11.3 Å². The van der Waals surface area contributed by atoms with Gasteiger partial charge < -0.3 is 10.6 Å². The van der Waals surface area contributed by atoms with Gasteiger partial charge in [-0.2, -0.15) is 10.2 Å². The van der Waals surface area contributed by atoms with E-state index in [1.807, 2.05) is 43.9 Å². The number of aryl methyl sites for hydroxylation is 2. The van der Waals surface area contributed by atoms with Crippen LogP contribution in [0.15, 0.2) is 30.5 Å². The first-order valence-corrected chi connectivity index (χ1v) is 11.4. The number of aromatic amines is 1. The van der Waals surface area contributed by atoms with Crippen LogP contribution in [0.4, 0.5) is 10.2 Å². The Morgan fingerprint density at radius 1 is 1.24 bits per heavy atom. The fourth-order valence-electron chi connectivity index (χ4n) is 6.07. The average Bonchev–Trinajstić information content (AvgIpc) is 3.16. The van der Waals surface area contributed by atoms with E-state index in [2.05, 4.69) is 20.2 Å². The number of halogens is 1. The summed E-state index contributed by atoms with van der Waals surface area (Å²) in [6, 6.07) is 7.07. The first kappa shape index (κ1) is 20.3. The van der Waals surface area contributed by atoms with Gasteiger partial charge in [-0.25, -0.2) is 14.4 Å². The number of anilines is 1. The van der Waals surface area contributed by atoms with Gasteiger partial charge in [0.1, 0.15) is 22.8 Å². The summed E-state index contributed by atoms with van der Waals surface area (Å²) in [5, 5.41) is 12.1. The van der Waals surface area contributed by atoms with E-state index in [-0.39, 0.29) is 11.2 Å². The lowest BCUT2D eigenvalue weighted by Gasteiger charge is -2.26. The molecule has 3 atom stereocenters. The highest BCUT2D eigenvalue weighted by atomic mass is 19.1. The van der Waals surface area contributed by atoms with Crippen LogP contribution < -0.4 is 10.6 Å². The van der Waals surface area contributed by atoms with Crippen LogP contribution in [0.3, 0.4) is 0 Å². The Morgan fingerprint density at radius 3 is 2.79 bits per heavy atom. The van der Waals surface area contributed by atoms with Crippen LogP contribution in [0.2, 0.25) is 0 Å². The van der Waals surface area contributed by atoms with Crippen LogP contribution in [0.5, 0.6) is 0 Å². The Balaban J connectivity index is 1.30. The van der Waals surface area contributed by atoms with Gasteiger partial charge in [-0.1, -0.05) is 18.2 Å². The number of nitrogens with two attached hydrogens (primary N) is 1. The summed E-state index contributed by atoms with van der Waals surface area (Å²) in [4.78, 5) is 11.8. The quantitative estimate of drug-likeness (QED) is 0.500. The third-order valence-corrected chi connectivity index (χ3v) is 7.87. The Labute approximate surface area is 191 Å². The molecule has 4 heterocycles. The summed E-state index contributed by atoms with van der Waals surface area (Å²) in [6.07, 6.45) is 2.77. The summed E-state index contributed by atoms with van der Waals surface area (Å²) in [5.41, 5.74) is 11.8. The highest BCUT2D eigenvalue weighted by molar-refractivity contribution is 5.89. The third-order valence-electron chi connectivity index (χ3n) is 7.87. The maximum absolute atomic E-state index is 14.6. The zero-order valence-corrected chi connectivity index (χ0v) is 19.0. The van der Waals surface area contributed by atoms with Gasteiger partial charge in [0.2, 0.25) is 0 Å². The summed E-state index contributed by atoms with van der Waals surface area (Å²) >= 11 is 0. The molecular weight excluding hydrogens is 419 g/mol. The molecule has 170 valence electrons. The largest absolute Gasteiger partial charge is 0.355 e. The lowest BCUT2D eigenvalue weighted by molar-refractivity contribution is 0.533. The highest BCUT2D eigenvalue weighted by Gasteiger charge is 2.66. The van der Waals surface area contributed by atoms with E-state index in [1.54, 1.807) is 6.07 Å². The van der Waals surface area contributed by atoms with Crippen LogP contribution in [0.1, 0.15) is 23.4 Å². The van der Waals surface area contributed by atoms with Crippen LogP contribution in [-0.4, -0.2) is 49.6 Å². The molecule has 8 nitrogen and oxygen atoms in total. The molecule has 0 bridgehead atoms. The van der Waals surface area contributed by atoms with E-state index < -0.39 is 0 Å². The molecule has 33 heavy (non-hydrogen) atoms. The minimum atomic E-state index is -0.284. The molecule has 0 radical (unpaired) electrons. The van der Waals surface area contributed by atoms with Crippen molar-refractivity contribution in [2.24, 2.45) is 24.6 Å². The molecule has 0 unspecified atom stereocenters. The number of aromatic nitrogens is 6. The highest BCUT2D eigenvalue weighted by Crippen LogP contribution is 2.63. The maximum Gasteiger partial charge on any atom is 0.177 e. The zero-order chi connectivity index (χ0) is 22.9. The van der Waals surface area contributed by atoms with Gasteiger partial charge >= 0.3 is 0 Å². The molecular formula is C24H27FN8. The summed E-state index contributed by atoms with van der Waals surface area (Å²) < 4.78 is 16.5. The van der Waals surface area contributed by atoms with Gasteiger partial charge in [0.25, 0.3) is 0 Å². The number of rotatable bonds is 4. The maximum atomic E-state index is 14.6. The van der Waals surface area contributed by atoms with Crippen LogP contribution in [0, 0.1) is 31.5 Å². The van der Waals surface area contributed by atoms with E-state index in [1.165, 1.54) is 6.07 Å². The monoisotopic (exact) mass is 446 g/mol. The smallest absolute Gasteiger partial charge is 0.177 e. The van der Waals surface area contributed by atoms with E-state index in [9.17, 15) is 4.39 Å². The summed E-state index contributed by atoms with van der Waals surface area (Å²) in [6.45, 7) is 6.09. The van der Waals surface area contributed by atoms with E-state index >= 15 is 0 Å². The third kappa shape index (κ3) is 2.78. The standard InChI is InChI=1S/C24H27FN8/c1-13-20(14(2)32(3)31-13)21-22-23(30-29-21)28-19(10-27-22)33-9-8-15-17(11-33)24(15,12-26)16-6-4-5-7-18(16)25/h4-7,10,15,17H,8-9,11-12,26H2,1-3H3,(H,28,29,30)/t15-,17+,24-/m1/s1. The Kier molecular flexibility index (Phi) is 4.35. The van der Waals surface area contributed by atoms with Gasteiger partial charge in [-0.15, -0.1) is 0 Å². The number of nitrogens with zero attached hydrogens (tertiary/aromatic N) is 6. The molecule has 6 rings (SSSR count). The average molecular weight is 447 g/mol. The van der Waals surface area contributed by atoms with Crippen molar-refractivity contribution in [2.75, 3.05) is 24.5 Å². The molecule has 3 aromatic heterocycles. The van der Waals surface area contributed by atoms with Gasteiger partial charge in [0, 0.05) is 43.4 Å². The van der Waals surface area contributed by atoms with Gasteiger partial charge in [-0.3, -0.25) is 9.78 Å². The first-order chi connectivity index (χ1) is 16.0. The van der Waals surface area contributed by atoms with Crippen molar-refractivity contribution < 1.29 is 4.39 Å². The molecule has 2 fully saturated rings. The fourth-order valence-corrected chi connectivity index (χ4v) is 6.07. The Morgan fingerprint density at radius 2 is 2.06 bits per heavy atom. The molecule has 1 aromatic carbocycles. The van der Waals surface area contributed by atoms with Crippen molar-refractivity contribution in [1.29, 1.82) is 0 Å². The predicted octanol–water partition coefficient (Wildman–Crippen LogP) is 2.86. The molecule has 9 heteroatoms. The first-order valence-electron chi connectivity index (χ1n) is 11.4. The van der Waals surface area contributed by atoms with Gasteiger partial charge in [0.15, 0.2) is 5.65 Å². The van der Waals surface area contributed by atoms with Crippen molar-refractivity contribution in [2.45, 2.75) is 25.7 Å². The second-order valence-electron chi connectivity index (χ2n) is 9.34. The number of benzene rings is 1. The number of fused-ring (bicyclic) bond motifs is 2. The van der Waals surface area contributed by atoms with Gasteiger partial charge in [-0.05, 0) is 43.7 Å². The molecule has 2 aliphatic rings. The molecule has 1 aliphatic heterocycles. The molecule has 1 saturated carbocycles. The second-order valence-corrected chi connectivity index (χ2v) is 9.34. The lowest BCUT2D eigenvalue weighted by Crippen LogP contribution is -2.32. The van der Waals surface area contributed by atoms with Crippen LogP contribution in [-0.2, 0) is 12.5 Å². The number of hydrogen-bond donors (Lipinski definition) is 2. The molecule has 3 N–H and O–H groups in total. The minimum absolute atomic E-state index is 0.156. The SMILES string of the molecule is Cc1nn(C)c(C)c1-c1n[nH]c2nc(N3CC[C@@H]4[C@H](C3)[C@@]4(CN)c3ccccc3F)cnc12. The van der Waals surface area contributed by atoms with Gasteiger partial charge in [0.05, 0.1) is 11.9 Å². The van der Waals surface area contributed by atoms with Crippen molar-refractivity contribution in [1.82, 2.24) is 29.9 Å². The summed E-state index contributed by atoms with van der Waals surface area (Å²) in [5.74, 6) is 1.37. The summed E-state index contributed by atoms with van der Waals surface area (Å²) in [7, 11) is 1.93. The second kappa shape index (κ2) is 7.08. The van der Waals surface area contributed by atoms with Crippen LogP contribution in [0.25, 0.3) is 22.4 Å². The topological polar surface area (TPSA) is 102 Å². The molecule has 1 aliphatic carbocycles. The van der Waals surface area contributed by atoms with E-state index in [0.717, 1.165) is 59.1 Å². The van der Waals surface area contributed by atoms with Crippen molar-refractivity contribution in [3.05, 3.63) is 53.2 Å². The fraction of sp³-hybridized carbons (Fsp3) is 0.417. The predicted molar refractivity (Wildman–Crippen MR) is 124 cm³/mol. The normalized spacial score (nSPS) is 24.3. The lowest BCUT2D eigenvalue weighted by atomic mass is 9.91. The Hall–Kier alpha value is -3.33. The zero-order valence-electron chi connectivity index (χ0n) is 19.0. The number of piperidine rings is 1.